The molecule has 0 aliphatic rings. The summed E-state index contributed by atoms with van der Waals surface area (Å²) in [7, 11) is 0. The molecule has 0 radical (unpaired) electrons. The van der Waals surface area contributed by atoms with E-state index in [2.05, 4.69) is 11.4 Å². The number of hydrogen-bond acceptors (Lipinski definition) is 5. The number of anilines is 1. The average molecular weight is 463 g/mol. The lowest BCUT2D eigenvalue weighted by Crippen LogP contribution is -2.15. The third-order valence-electron chi connectivity index (χ3n) is 4.94. The van der Waals surface area contributed by atoms with E-state index in [9.17, 15) is 19.7 Å². The van der Waals surface area contributed by atoms with Crippen LogP contribution in [0.3, 0.4) is 0 Å². The Bertz CT molecular complexity index is 1110. The molecule has 0 fully saturated rings. The monoisotopic (exact) mass is 462 g/mol. The summed E-state index contributed by atoms with van der Waals surface area (Å²) in [5, 5.41) is 21.4. The highest BCUT2D eigenvalue weighted by Gasteiger charge is 2.23. The molecule has 0 saturated carbocycles. The maximum absolute atomic E-state index is 13.2. The van der Waals surface area contributed by atoms with Crippen LogP contribution in [-0.4, -0.2) is 28.3 Å². The van der Waals surface area contributed by atoms with E-state index in [1.54, 1.807) is 79.7 Å². The summed E-state index contributed by atoms with van der Waals surface area (Å²) in [6, 6.07) is 22.4. The van der Waals surface area contributed by atoms with Gasteiger partial charge in [0.1, 0.15) is 17.4 Å². The fourth-order valence-corrected chi connectivity index (χ4v) is 4.47. The van der Waals surface area contributed by atoms with Gasteiger partial charge in [-0.15, -0.1) is 0 Å². The molecule has 2 unspecified atom stereocenters. The van der Waals surface area contributed by atoms with E-state index in [0.717, 1.165) is 19.3 Å². The van der Waals surface area contributed by atoms with E-state index in [-0.39, 0.29) is 12.0 Å². The Morgan fingerprint density at radius 2 is 1.73 bits per heavy atom. The summed E-state index contributed by atoms with van der Waals surface area (Å²) >= 11 is -1.63. The Morgan fingerprint density at radius 1 is 1.06 bits per heavy atom. The quantitative estimate of drug-likeness (QED) is 0.329. The number of benzene rings is 3. The molecule has 0 bridgehead atoms. The number of aliphatic hydroxyl groups is 1. The van der Waals surface area contributed by atoms with Crippen molar-refractivity contribution in [3.05, 3.63) is 83.9 Å². The largest absolute Gasteiger partial charge is 0.606 e. The number of rotatable bonds is 10. The summed E-state index contributed by atoms with van der Waals surface area (Å²) in [6.45, 7) is 2.31. The molecule has 2 atom stereocenters. The van der Waals surface area contributed by atoms with Crippen molar-refractivity contribution in [3.63, 3.8) is 0 Å². The number of nitriles is 1. The summed E-state index contributed by atoms with van der Waals surface area (Å²) in [6.07, 6.45) is 2.18. The lowest BCUT2D eigenvalue weighted by atomic mass is 10.2. The Kier molecular flexibility index (Phi) is 8.90. The van der Waals surface area contributed by atoms with Crippen LogP contribution < -0.4 is 10.1 Å². The van der Waals surface area contributed by atoms with Crippen molar-refractivity contribution in [1.82, 2.24) is 0 Å². The minimum Gasteiger partial charge on any atom is -0.606 e. The Balaban J connectivity index is 1.66. The lowest BCUT2D eigenvalue weighted by Gasteiger charge is -2.15. The van der Waals surface area contributed by atoms with Gasteiger partial charge >= 0.3 is 0 Å². The number of aliphatic hydroxyl groups excluding tert-OH is 1. The van der Waals surface area contributed by atoms with Crippen LogP contribution in [0.2, 0.25) is 0 Å². The number of nitrogens with one attached hydrogen (secondary N) is 1. The summed E-state index contributed by atoms with van der Waals surface area (Å²) in [5.74, 6) is 0.328. The third kappa shape index (κ3) is 6.83. The molecule has 1 amide bonds. The van der Waals surface area contributed by atoms with Gasteiger partial charge in [0.15, 0.2) is 9.79 Å². The number of carbonyl (C=O) groups is 1. The first kappa shape index (κ1) is 24.3. The van der Waals surface area contributed by atoms with E-state index in [1.165, 1.54) is 0 Å². The number of nitrogens with zero attached hydrogens (tertiary/aromatic N) is 1. The van der Waals surface area contributed by atoms with Gasteiger partial charge in [-0.05, 0) is 74.7 Å². The summed E-state index contributed by atoms with van der Waals surface area (Å²) in [4.78, 5) is 13.6. The van der Waals surface area contributed by atoms with E-state index < -0.39 is 11.2 Å². The van der Waals surface area contributed by atoms with Crippen LogP contribution in [-0.2, 0) is 11.2 Å². The SMILES string of the molecule is CC(O)CCCCOc1ccc(C(=O)Nc2ccccc2[S+]([O-])c2ccccc2C#N)cc1. The topological polar surface area (TPSA) is 105 Å². The number of hydrogen-bond donors (Lipinski definition) is 2. The molecule has 170 valence electrons. The molecule has 3 aromatic rings. The van der Waals surface area contributed by atoms with Gasteiger partial charge in [-0.25, -0.2) is 0 Å². The fourth-order valence-electron chi connectivity index (χ4n) is 3.20. The third-order valence-corrected chi connectivity index (χ3v) is 6.45. The van der Waals surface area contributed by atoms with Crippen LogP contribution in [0.5, 0.6) is 5.75 Å². The normalized spacial score (nSPS) is 12.4. The maximum Gasteiger partial charge on any atom is 0.255 e. The molecule has 3 rings (SSSR count). The minimum atomic E-state index is -1.63. The minimum absolute atomic E-state index is 0.300. The van der Waals surface area contributed by atoms with Crippen LogP contribution in [0.1, 0.15) is 42.1 Å². The average Bonchev–Trinajstić information content (AvgIpc) is 2.84. The van der Waals surface area contributed by atoms with Gasteiger partial charge in [-0.3, -0.25) is 4.79 Å². The Hall–Kier alpha value is -3.31. The highest BCUT2D eigenvalue weighted by Crippen LogP contribution is 2.29. The van der Waals surface area contributed by atoms with Gasteiger partial charge in [0.2, 0.25) is 0 Å². The second-order valence-corrected chi connectivity index (χ2v) is 8.96. The maximum atomic E-state index is 13.2. The Morgan fingerprint density at radius 3 is 2.42 bits per heavy atom. The fraction of sp³-hybridized carbons (Fsp3) is 0.231. The zero-order valence-electron chi connectivity index (χ0n) is 18.4. The zero-order valence-corrected chi connectivity index (χ0v) is 19.2. The van der Waals surface area contributed by atoms with Crippen LogP contribution in [0.25, 0.3) is 0 Å². The van der Waals surface area contributed by atoms with Crippen LogP contribution in [0, 0.1) is 11.3 Å². The van der Waals surface area contributed by atoms with Crippen molar-refractivity contribution in [2.75, 3.05) is 11.9 Å². The van der Waals surface area contributed by atoms with Crippen molar-refractivity contribution in [2.45, 2.75) is 42.1 Å². The van der Waals surface area contributed by atoms with Crippen LogP contribution in [0.4, 0.5) is 5.69 Å². The van der Waals surface area contributed by atoms with Crippen LogP contribution >= 0.6 is 0 Å². The van der Waals surface area contributed by atoms with Crippen molar-refractivity contribution in [3.8, 4) is 11.8 Å². The van der Waals surface area contributed by atoms with Gasteiger partial charge in [0.05, 0.1) is 18.4 Å². The number of unbranched alkanes of at least 4 members (excludes halogenated alkanes) is 1. The second kappa shape index (κ2) is 12.1. The molecule has 0 spiro atoms. The molecule has 0 saturated heterocycles. The van der Waals surface area contributed by atoms with E-state index in [1.807, 2.05) is 0 Å². The van der Waals surface area contributed by atoms with E-state index in [4.69, 9.17) is 4.74 Å². The van der Waals surface area contributed by atoms with Crippen molar-refractivity contribution in [1.29, 1.82) is 5.26 Å². The number of amides is 1. The van der Waals surface area contributed by atoms with E-state index in [0.29, 0.717) is 39.0 Å². The first-order chi connectivity index (χ1) is 16.0. The molecule has 3 aromatic carbocycles. The molecule has 33 heavy (non-hydrogen) atoms. The highest BCUT2D eigenvalue weighted by molar-refractivity contribution is 7.91. The molecule has 0 aliphatic heterocycles. The number of carbonyl (C=O) groups excluding carboxylic acids is 1. The summed E-state index contributed by atoms with van der Waals surface area (Å²) < 4.78 is 18.9. The summed E-state index contributed by atoms with van der Waals surface area (Å²) in [5.41, 5.74) is 1.19. The molecule has 0 aliphatic carbocycles. The number of ether oxygens (including phenoxy) is 1. The first-order valence-corrected chi connectivity index (χ1v) is 11.9. The standard InChI is InChI=1S/C26H26N2O4S/c1-19(29)8-6-7-17-32-22-15-13-20(14-16-22)26(30)28-23-10-3-5-12-25(23)33(31)24-11-4-2-9-21(24)18-27/h2-5,9-16,19,29H,6-8,17H2,1H3,(H,28,30). The molecule has 6 nitrogen and oxygen atoms in total. The van der Waals surface area contributed by atoms with Gasteiger partial charge in [-0.2, -0.15) is 5.26 Å². The van der Waals surface area contributed by atoms with Gasteiger partial charge < -0.3 is 19.7 Å². The lowest BCUT2D eigenvalue weighted by molar-refractivity contribution is 0.102. The molecule has 0 heterocycles. The molecule has 2 N–H and O–H groups in total. The Labute approximate surface area is 197 Å². The first-order valence-electron chi connectivity index (χ1n) is 10.7. The predicted molar refractivity (Wildman–Crippen MR) is 128 cm³/mol. The zero-order chi connectivity index (χ0) is 23.6. The smallest absolute Gasteiger partial charge is 0.255 e. The van der Waals surface area contributed by atoms with Gasteiger partial charge in [0.25, 0.3) is 5.91 Å². The molecular formula is C26H26N2O4S. The highest BCUT2D eigenvalue weighted by atomic mass is 32.2. The van der Waals surface area contributed by atoms with Crippen molar-refractivity contribution in [2.24, 2.45) is 0 Å². The van der Waals surface area contributed by atoms with Gasteiger partial charge in [-0.1, -0.05) is 24.3 Å². The van der Waals surface area contributed by atoms with E-state index >= 15 is 0 Å². The predicted octanol–water partition coefficient (Wildman–Crippen LogP) is 4.91. The molecule has 7 heteroatoms. The molecular weight excluding hydrogens is 436 g/mol. The van der Waals surface area contributed by atoms with Crippen molar-refractivity contribution < 1.29 is 19.2 Å². The van der Waals surface area contributed by atoms with Crippen LogP contribution in [0.15, 0.2) is 82.6 Å². The molecule has 0 aromatic heterocycles. The van der Waals surface area contributed by atoms with Crippen molar-refractivity contribution >= 4 is 22.8 Å². The number of para-hydroxylation sites is 1. The second-order valence-electron chi connectivity index (χ2n) is 7.54. The van der Waals surface area contributed by atoms with Gasteiger partial charge in [0, 0.05) is 16.7 Å².